The summed E-state index contributed by atoms with van der Waals surface area (Å²) in [4.78, 5) is 25.3. The van der Waals surface area contributed by atoms with Crippen LogP contribution in [0.2, 0.25) is 0 Å². The van der Waals surface area contributed by atoms with Gasteiger partial charge in [-0.2, -0.15) is 0 Å². The van der Waals surface area contributed by atoms with Gasteiger partial charge in [0.15, 0.2) is 5.78 Å². The number of likely N-dealkylation sites (N-methyl/N-ethyl adjacent to an activating group) is 1. The third kappa shape index (κ3) is 3.17. The number of rotatable bonds is 5. The summed E-state index contributed by atoms with van der Waals surface area (Å²) in [5.41, 5.74) is 1.15. The molecule has 0 aliphatic heterocycles. The lowest BCUT2D eigenvalue weighted by Gasteiger charge is -2.15. The number of nitrogens with one attached hydrogen (secondary N) is 1. The number of benzene rings is 1. The number of amides is 1. The Bertz CT molecular complexity index is 467. The van der Waals surface area contributed by atoms with Gasteiger partial charge in [-0.1, -0.05) is 12.1 Å². The van der Waals surface area contributed by atoms with Crippen molar-refractivity contribution < 1.29 is 9.59 Å². The minimum atomic E-state index is -0.0712. The van der Waals surface area contributed by atoms with E-state index < -0.39 is 0 Å². The summed E-state index contributed by atoms with van der Waals surface area (Å²) in [6, 6.07) is 7.64. The lowest BCUT2D eigenvalue weighted by molar-refractivity contribution is -0.117. The molecule has 0 saturated heterocycles. The second-order valence-electron chi connectivity index (χ2n) is 4.80. The molecule has 1 fully saturated rings. The van der Waals surface area contributed by atoms with E-state index >= 15 is 0 Å². The van der Waals surface area contributed by atoms with Crippen LogP contribution in [0.4, 0.5) is 5.69 Å². The molecule has 0 radical (unpaired) electrons. The molecule has 1 aromatic rings. The van der Waals surface area contributed by atoms with Crippen molar-refractivity contribution in [3.63, 3.8) is 0 Å². The average molecular weight is 246 g/mol. The Morgan fingerprint density at radius 1 is 1.33 bits per heavy atom. The van der Waals surface area contributed by atoms with E-state index in [9.17, 15) is 9.59 Å². The van der Waals surface area contributed by atoms with E-state index in [4.69, 9.17) is 0 Å². The van der Waals surface area contributed by atoms with Gasteiger partial charge >= 0.3 is 0 Å². The van der Waals surface area contributed by atoms with E-state index in [1.54, 1.807) is 18.2 Å². The van der Waals surface area contributed by atoms with E-state index in [0.29, 0.717) is 23.8 Å². The molecule has 1 saturated carbocycles. The summed E-state index contributed by atoms with van der Waals surface area (Å²) in [7, 11) is 1.95. The van der Waals surface area contributed by atoms with Crippen LogP contribution in [-0.4, -0.2) is 36.2 Å². The number of hydrogen-bond donors (Lipinski definition) is 1. The average Bonchev–Trinajstić information content (AvgIpc) is 3.12. The lowest BCUT2D eigenvalue weighted by atomic mass is 10.1. The van der Waals surface area contributed by atoms with Crippen LogP contribution in [0.15, 0.2) is 24.3 Å². The van der Waals surface area contributed by atoms with E-state index in [-0.39, 0.29) is 11.7 Å². The number of carbonyl (C=O) groups is 2. The smallest absolute Gasteiger partial charge is 0.238 e. The highest BCUT2D eigenvalue weighted by atomic mass is 16.2. The molecule has 2 rings (SSSR count). The first kappa shape index (κ1) is 12.8. The first-order valence-corrected chi connectivity index (χ1v) is 6.18. The highest BCUT2D eigenvalue weighted by Gasteiger charge is 2.27. The molecule has 1 N–H and O–H groups in total. The maximum atomic E-state index is 11.9. The summed E-state index contributed by atoms with van der Waals surface area (Å²) < 4.78 is 0. The fourth-order valence-electron chi connectivity index (χ4n) is 1.96. The summed E-state index contributed by atoms with van der Waals surface area (Å²) in [6.07, 6.45) is 2.35. The van der Waals surface area contributed by atoms with Crippen LogP contribution in [0.5, 0.6) is 0 Å². The van der Waals surface area contributed by atoms with Gasteiger partial charge in [-0.15, -0.1) is 0 Å². The van der Waals surface area contributed by atoms with Crippen molar-refractivity contribution in [2.45, 2.75) is 25.8 Å². The Labute approximate surface area is 107 Å². The molecule has 4 nitrogen and oxygen atoms in total. The van der Waals surface area contributed by atoms with Crippen molar-refractivity contribution >= 4 is 17.4 Å². The zero-order valence-electron chi connectivity index (χ0n) is 10.8. The van der Waals surface area contributed by atoms with Gasteiger partial charge in [0.1, 0.15) is 0 Å². The number of anilines is 1. The summed E-state index contributed by atoms with van der Waals surface area (Å²) in [6.45, 7) is 1.87. The van der Waals surface area contributed by atoms with Crippen LogP contribution < -0.4 is 5.32 Å². The number of ketones is 1. The maximum absolute atomic E-state index is 11.9. The van der Waals surface area contributed by atoms with Gasteiger partial charge in [-0.25, -0.2) is 0 Å². The van der Waals surface area contributed by atoms with Crippen LogP contribution in [-0.2, 0) is 4.79 Å². The molecule has 0 spiro atoms. The molecular formula is C14H18N2O2. The summed E-state index contributed by atoms with van der Waals surface area (Å²) >= 11 is 0. The van der Waals surface area contributed by atoms with Crippen LogP contribution in [0.25, 0.3) is 0 Å². The van der Waals surface area contributed by atoms with Gasteiger partial charge in [0, 0.05) is 11.6 Å². The van der Waals surface area contributed by atoms with Crippen LogP contribution in [0, 0.1) is 0 Å². The first-order valence-electron chi connectivity index (χ1n) is 6.18. The monoisotopic (exact) mass is 246 g/mol. The number of carbonyl (C=O) groups excluding carboxylic acids is 2. The van der Waals surface area contributed by atoms with E-state index in [0.717, 1.165) is 0 Å². The van der Waals surface area contributed by atoms with Gasteiger partial charge in [-0.3, -0.25) is 14.5 Å². The number of Topliss-reactive ketones (excluding diaryl/α,β-unsaturated/α-hetero) is 1. The highest BCUT2D eigenvalue weighted by Crippen LogP contribution is 2.25. The quantitative estimate of drug-likeness (QED) is 0.807. The third-order valence-corrected chi connectivity index (χ3v) is 3.14. The molecule has 18 heavy (non-hydrogen) atoms. The van der Waals surface area contributed by atoms with Gasteiger partial charge in [0.05, 0.1) is 12.2 Å². The Balaban J connectivity index is 1.99. The van der Waals surface area contributed by atoms with Crippen molar-refractivity contribution in [1.29, 1.82) is 0 Å². The molecule has 0 atom stereocenters. The fourth-order valence-corrected chi connectivity index (χ4v) is 1.96. The SMILES string of the molecule is CC(=O)c1ccccc1NC(=O)CN(C)C1CC1. The van der Waals surface area contributed by atoms with Gasteiger partial charge in [0.2, 0.25) is 5.91 Å². The maximum Gasteiger partial charge on any atom is 0.238 e. The van der Waals surface area contributed by atoms with Gasteiger partial charge in [0.25, 0.3) is 0 Å². The minimum Gasteiger partial charge on any atom is -0.324 e. The Morgan fingerprint density at radius 2 is 2.00 bits per heavy atom. The Kier molecular flexibility index (Phi) is 3.77. The van der Waals surface area contributed by atoms with E-state index in [1.807, 2.05) is 18.0 Å². The molecule has 0 heterocycles. The number of hydrogen-bond acceptors (Lipinski definition) is 3. The Morgan fingerprint density at radius 3 is 2.61 bits per heavy atom. The molecule has 1 aliphatic rings. The number of nitrogens with zero attached hydrogens (tertiary/aromatic N) is 1. The third-order valence-electron chi connectivity index (χ3n) is 3.14. The zero-order valence-corrected chi connectivity index (χ0v) is 10.8. The van der Waals surface area contributed by atoms with Crippen molar-refractivity contribution in [2.24, 2.45) is 0 Å². The van der Waals surface area contributed by atoms with Crippen LogP contribution >= 0.6 is 0 Å². The molecule has 1 amide bonds. The molecule has 0 aromatic heterocycles. The van der Waals surface area contributed by atoms with Crippen molar-refractivity contribution in [1.82, 2.24) is 4.90 Å². The molecule has 0 unspecified atom stereocenters. The molecule has 96 valence electrons. The summed E-state index contributed by atoms with van der Waals surface area (Å²) in [5.74, 6) is -0.112. The summed E-state index contributed by atoms with van der Waals surface area (Å²) in [5, 5.41) is 2.80. The molecule has 1 aliphatic carbocycles. The topological polar surface area (TPSA) is 49.4 Å². The normalized spacial score (nSPS) is 14.6. The molecule has 4 heteroatoms. The molecular weight excluding hydrogens is 228 g/mol. The minimum absolute atomic E-state index is 0.0403. The molecule has 0 bridgehead atoms. The van der Waals surface area contributed by atoms with Crippen molar-refractivity contribution in [3.8, 4) is 0 Å². The Hall–Kier alpha value is -1.68. The van der Waals surface area contributed by atoms with E-state index in [2.05, 4.69) is 5.32 Å². The largest absolute Gasteiger partial charge is 0.324 e. The predicted molar refractivity (Wildman–Crippen MR) is 70.7 cm³/mol. The number of para-hydroxylation sites is 1. The van der Waals surface area contributed by atoms with Gasteiger partial charge in [-0.05, 0) is 38.9 Å². The standard InChI is InChI=1S/C14H18N2O2/c1-10(17)12-5-3-4-6-13(12)15-14(18)9-16(2)11-7-8-11/h3-6,11H,7-9H2,1-2H3,(H,15,18). The second-order valence-corrected chi connectivity index (χ2v) is 4.80. The van der Waals surface area contributed by atoms with Crippen molar-refractivity contribution in [2.75, 3.05) is 18.9 Å². The van der Waals surface area contributed by atoms with Gasteiger partial charge < -0.3 is 5.32 Å². The molecule has 1 aromatic carbocycles. The first-order chi connectivity index (χ1) is 8.58. The van der Waals surface area contributed by atoms with Crippen LogP contribution in [0.3, 0.4) is 0 Å². The highest BCUT2D eigenvalue weighted by molar-refractivity contribution is 6.04. The van der Waals surface area contributed by atoms with E-state index in [1.165, 1.54) is 19.8 Å². The predicted octanol–water partition coefficient (Wildman–Crippen LogP) is 1.92. The fraction of sp³-hybridized carbons (Fsp3) is 0.429. The van der Waals surface area contributed by atoms with Crippen LogP contribution in [0.1, 0.15) is 30.1 Å². The van der Waals surface area contributed by atoms with Crippen molar-refractivity contribution in [3.05, 3.63) is 29.8 Å². The zero-order chi connectivity index (χ0) is 13.1. The lowest BCUT2D eigenvalue weighted by Crippen LogP contribution is -2.32. The second kappa shape index (κ2) is 5.31.